The van der Waals surface area contributed by atoms with E-state index < -0.39 is 0 Å². The van der Waals surface area contributed by atoms with Gasteiger partial charge in [0.25, 0.3) is 0 Å². The molecular formula is C16H29N3. The summed E-state index contributed by atoms with van der Waals surface area (Å²) in [5.74, 6) is 0.742. The first-order valence-corrected chi connectivity index (χ1v) is 7.64. The summed E-state index contributed by atoms with van der Waals surface area (Å²) >= 11 is 0. The maximum atomic E-state index is 4.36. The highest BCUT2D eigenvalue weighted by Gasteiger charge is 2.16. The monoisotopic (exact) mass is 263 g/mol. The first kappa shape index (κ1) is 16.1. The Morgan fingerprint density at radius 1 is 1.16 bits per heavy atom. The van der Waals surface area contributed by atoms with Crippen molar-refractivity contribution in [1.29, 1.82) is 0 Å². The summed E-state index contributed by atoms with van der Waals surface area (Å²) in [5.41, 5.74) is 3.51. The van der Waals surface area contributed by atoms with Crippen LogP contribution in [-0.4, -0.2) is 16.7 Å². The maximum Gasteiger partial charge on any atom is 0.0676 e. The standard InChI is InChI=1S/C16H29N3/c1-6-10-17-16(9-8-12(3)4)14-11-13(5)18-19-15(14)7-2/h11-12,16-17H,6-10H2,1-5H3. The zero-order valence-electron chi connectivity index (χ0n) is 13.2. The molecule has 0 aliphatic carbocycles. The fraction of sp³-hybridized carbons (Fsp3) is 0.750. The lowest BCUT2D eigenvalue weighted by Crippen LogP contribution is -2.24. The van der Waals surface area contributed by atoms with Crippen molar-refractivity contribution in [3.8, 4) is 0 Å². The Hall–Kier alpha value is -0.960. The quantitative estimate of drug-likeness (QED) is 0.774. The normalized spacial score (nSPS) is 12.9. The smallest absolute Gasteiger partial charge is 0.0676 e. The zero-order valence-corrected chi connectivity index (χ0v) is 13.2. The molecule has 0 spiro atoms. The Bertz CT molecular complexity index is 374. The van der Waals surface area contributed by atoms with E-state index in [9.17, 15) is 0 Å². The molecule has 0 saturated carbocycles. The van der Waals surface area contributed by atoms with Crippen LogP contribution in [0.2, 0.25) is 0 Å². The van der Waals surface area contributed by atoms with Crippen molar-refractivity contribution in [2.75, 3.05) is 6.54 Å². The number of aromatic nitrogens is 2. The average Bonchev–Trinajstić information content (AvgIpc) is 2.38. The summed E-state index contributed by atoms with van der Waals surface area (Å²) in [7, 11) is 0. The molecule has 0 saturated heterocycles. The molecule has 1 aromatic heterocycles. The van der Waals surface area contributed by atoms with E-state index in [1.165, 1.54) is 18.4 Å². The van der Waals surface area contributed by atoms with E-state index in [0.29, 0.717) is 6.04 Å². The lowest BCUT2D eigenvalue weighted by Gasteiger charge is -2.22. The molecule has 0 fully saturated rings. The predicted octanol–water partition coefficient (Wildman–Crippen LogP) is 3.82. The number of nitrogens with zero attached hydrogens (tertiary/aromatic N) is 2. The van der Waals surface area contributed by atoms with Crippen LogP contribution in [0.15, 0.2) is 6.07 Å². The minimum atomic E-state index is 0.423. The molecule has 1 unspecified atom stereocenters. The van der Waals surface area contributed by atoms with Crippen molar-refractivity contribution in [2.24, 2.45) is 5.92 Å². The highest BCUT2D eigenvalue weighted by molar-refractivity contribution is 5.24. The summed E-state index contributed by atoms with van der Waals surface area (Å²) in [4.78, 5) is 0. The van der Waals surface area contributed by atoms with E-state index in [-0.39, 0.29) is 0 Å². The van der Waals surface area contributed by atoms with E-state index in [1.54, 1.807) is 0 Å². The zero-order chi connectivity index (χ0) is 14.3. The van der Waals surface area contributed by atoms with Crippen LogP contribution in [0.5, 0.6) is 0 Å². The summed E-state index contributed by atoms with van der Waals surface area (Å²) in [6, 6.07) is 2.63. The third kappa shape index (κ3) is 5.27. The second-order valence-electron chi connectivity index (χ2n) is 5.72. The molecule has 0 aromatic carbocycles. The third-order valence-corrected chi connectivity index (χ3v) is 3.41. The molecular weight excluding hydrogens is 234 g/mol. The van der Waals surface area contributed by atoms with Gasteiger partial charge in [0, 0.05) is 6.04 Å². The Morgan fingerprint density at radius 3 is 2.47 bits per heavy atom. The van der Waals surface area contributed by atoms with Crippen molar-refractivity contribution >= 4 is 0 Å². The maximum absolute atomic E-state index is 4.36. The molecule has 3 heteroatoms. The lowest BCUT2D eigenvalue weighted by molar-refractivity contribution is 0.436. The van der Waals surface area contributed by atoms with Gasteiger partial charge in [0.05, 0.1) is 11.4 Å². The first-order chi connectivity index (χ1) is 9.08. The molecule has 0 amide bonds. The molecule has 1 aromatic rings. The van der Waals surface area contributed by atoms with Crippen molar-refractivity contribution < 1.29 is 0 Å². The minimum absolute atomic E-state index is 0.423. The van der Waals surface area contributed by atoms with Crippen molar-refractivity contribution in [1.82, 2.24) is 15.5 Å². The Morgan fingerprint density at radius 2 is 1.89 bits per heavy atom. The van der Waals surface area contributed by atoms with Gasteiger partial charge >= 0.3 is 0 Å². The molecule has 19 heavy (non-hydrogen) atoms. The Balaban J connectivity index is 2.90. The van der Waals surface area contributed by atoms with Gasteiger partial charge in [0.15, 0.2) is 0 Å². The molecule has 0 radical (unpaired) electrons. The van der Waals surface area contributed by atoms with Crippen LogP contribution in [0.3, 0.4) is 0 Å². The summed E-state index contributed by atoms with van der Waals surface area (Å²) < 4.78 is 0. The van der Waals surface area contributed by atoms with Gasteiger partial charge in [-0.15, -0.1) is 0 Å². The number of aryl methyl sites for hydroxylation is 2. The van der Waals surface area contributed by atoms with E-state index >= 15 is 0 Å². The van der Waals surface area contributed by atoms with Crippen molar-refractivity contribution in [3.05, 3.63) is 23.0 Å². The topological polar surface area (TPSA) is 37.8 Å². The third-order valence-electron chi connectivity index (χ3n) is 3.41. The number of hydrogen-bond acceptors (Lipinski definition) is 3. The van der Waals surface area contributed by atoms with E-state index in [0.717, 1.165) is 36.7 Å². The fourth-order valence-corrected chi connectivity index (χ4v) is 2.30. The average molecular weight is 263 g/mol. The highest BCUT2D eigenvalue weighted by atomic mass is 15.1. The van der Waals surface area contributed by atoms with Gasteiger partial charge in [-0.05, 0) is 56.7 Å². The highest BCUT2D eigenvalue weighted by Crippen LogP contribution is 2.24. The minimum Gasteiger partial charge on any atom is -0.310 e. The SMILES string of the molecule is CCCNC(CCC(C)C)c1cc(C)nnc1CC. The van der Waals surface area contributed by atoms with Crippen molar-refractivity contribution in [2.45, 2.75) is 66.3 Å². The predicted molar refractivity (Wildman–Crippen MR) is 81.3 cm³/mol. The van der Waals surface area contributed by atoms with Gasteiger partial charge in [-0.3, -0.25) is 0 Å². The van der Waals surface area contributed by atoms with Crippen LogP contribution in [-0.2, 0) is 6.42 Å². The Kier molecular flexibility index (Phi) is 7.00. The van der Waals surface area contributed by atoms with E-state index in [1.807, 2.05) is 6.92 Å². The summed E-state index contributed by atoms with van der Waals surface area (Å²) in [6.07, 6.45) is 4.54. The van der Waals surface area contributed by atoms with Gasteiger partial charge in [-0.25, -0.2) is 0 Å². The van der Waals surface area contributed by atoms with Crippen LogP contribution < -0.4 is 5.32 Å². The second-order valence-corrected chi connectivity index (χ2v) is 5.72. The molecule has 0 bridgehead atoms. The second kappa shape index (κ2) is 8.26. The van der Waals surface area contributed by atoms with Gasteiger partial charge in [-0.2, -0.15) is 10.2 Å². The lowest BCUT2D eigenvalue weighted by atomic mass is 9.95. The van der Waals surface area contributed by atoms with Crippen LogP contribution in [0.25, 0.3) is 0 Å². The van der Waals surface area contributed by atoms with Crippen LogP contribution in [0, 0.1) is 12.8 Å². The van der Waals surface area contributed by atoms with Crippen molar-refractivity contribution in [3.63, 3.8) is 0 Å². The van der Waals surface area contributed by atoms with E-state index in [4.69, 9.17) is 0 Å². The molecule has 3 nitrogen and oxygen atoms in total. The number of nitrogens with one attached hydrogen (secondary N) is 1. The number of hydrogen-bond donors (Lipinski definition) is 1. The molecule has 1 rings (SSSR count). The van der Waals surface area contributed by atoms with Gasteiger partial charge in [0.2, 0.25) is 0 Å². The van der Waals surface area contributed by atoms with Gasteiger partial charge < -0.3 is 5.32 Å². The first-order valence-electron chi connectivity index (χ1n) is 7.64. The van der Waals surface area contributed by atoms with Crippen LogP contribution >= 0.6 is 0 Å². The summed E-state index contributed by atoms with van der Waals surface area (Å²) in [5, 5.41) is 12.2. The Labute approximate surface area is 118 Å². The molecule has 0 aliphatic heterocycles. The molecule has 1 atom stereocenters. The fourth-order valence-electron chi connectivity index (χ4n) is 2.30. The van der Waals surface area contributed by atoms with Gasteiger partial charge in [0.1, 0.15) is 0 Å². The van der Waals surface area contributed by atoms with Crippen LogP contribution in [0.4, 0.5) is 0 Å². The number of rotatable bonds is 8. The van der Waals surface area contributed by atoms with Gasteiger partial charge in [-0.1, -0.05) is 27.7 Å². The van der Waals surface area contributed by atoms with Crippen LogP contribution in [0.1, 0.15) is 70.0 Å². The molecule has 108 valence electrons. The largest absolute Gasteiger partial charge is 0.310 e. The molecule has 0 aliphatic rings. The van der Waals surface area contributed by atoms with E-state index in [2.05, 4.69) is 49.3 Å². The molecule has 1 heterocycles. The summed E-state index contributed by atoms with van der Waals surface area (Å²) in [6.45, 7) is 12.0. The molecule has 1 N–H and O–H groups in total.